The Morgan fingerprint density at radius 1 is 1.33 bits per heavy atom. The highest BCUT2D eigenvalue weighted by Gasteiger charge is 2.42. The number of hydrogen-bond donors (Lipinski definition) is 2. The lowest BCUT2D eigenvalue weighted by atomic mass is 9.93. The average molecular weight is 500 g/mol. The molecule has 144 valence electrons. The molecule has 2 aliphatic carbocycles. The van der Waals surface area contributed by atoms with E-state index < -0.39 is 10.0 Å². The van der Waals surface area contributed by atoms with Gasteiger partial charge in [0.05, 0.1) is 15.0 Å². The average Bonchev–Trinajstić information content (AvgIpc) is 3.17. The number of nitrogens with one attached hydrogen (secondary N) is 2. The van der Waals surface area contributed by atoms with E-state index in [1.807, 2.05) is 6.20 Å². The van der Waals surface area contributed by atoms with Crippen LogP contribution in [0.5, 0.6) is 0 Å². The highest BCUT2D eigenvalue weighted by atomic mass is 127. The normalized spacial score (nSPS) is 26.4. The van der Waals surface area contributed by atoms with Crippen molar-refractivity contribution in [3.8, 4) is 0 Å². The molecule has 0 saturated heterocycles. The lowest BCUT2D eigenvalue weighted by Gasteiger charge is -2.16. The minimum absolute atomic E-state index is 0.0273. The number of hydrogen-bond acceptors (Lipinski definition) is 5. The lowest BCUT2D eigenvalue weighted by Crippen LogP contribution is -2.35. The molecule has 2 aliphatic rings. The molecule has 5 rings (SSSR count). The third-order valence-corrected chi connectivity index (χ3v) is 8.71. The molecular weight excluding hydrogens is 479 g/mol. The molecule has 2 saturated carbocycles. The van der Waals surface area contributed by atoms with E-state index in [2.05, 4.69) is 58.8 Å². The van der Waals surface area contributed by atoms with Crippen molar-refractivity contribution in [1.82, 2.24) is 29.3 Å². The number of H-pyrrole nitrogens is 1. The van der Waals surface area contributed by atoms with E-state index in [4.69, 9.17) is 0 Å². The van der Waals surface area contributed by atoms with E-state index >= 15 is 0 Å². The smallest absolute Gasteiger partial charge is 0.214 e. The predicted octanol–water partition coefficient (Wildman–Crippen LogP) is 2.56. The Kier molecular flexibility index (Phi) is 4.20. The van der Waals surface area contributed by atoms with E-state index in [0.29, 0.717) is 5.92 Å². The molecular formula is C17H21IN6O2S. The summed E-state index contributed by atoms with van der Waals surface area (Å²) in [5.74, 6) is 1.47. The van der Waals surface area contributed by atoms with Crippen LogP contribution in [-0.2, 0) is 10.0 Å². The molecule has 27 heavy (non-hydrogen) atoms. The first-order valence-electron chi connectivity index (χ1n) is 9.35. The van der Waals surface area contributed by atoms with Crippen molar-refractivity contribution in [2.24, 2.45) is 5.92 Å². The second-order valence-corrected chi connectivity index (χ2v) is 10.8. The molecule has 3 aromatic rings. The quantitative estimate of drug-likeness (QED) is 0.524. The summed E-state index contributed by atoms with van der Waals surface area (Å²) in [4.78, 5) is 7.61. The van der Waals surface area contributed by atoms with Gasteiger partial charge < -0.3 is 4.98 Å². The number of rotatable bonds is 5. The summed E-state index contributed by atoms with van der Waals surface area (Å²) in [6.45, 7) is 2.16. The van der Waals surface area contributed by atoms with Gasteiger partial charge in [0.2, 0.25) is 10.0 Å². The highest BCUT2D eigenvalue weighted by molar-refractivity contribution is 14.1. The molecule has 3 aromatic heterocycles. The lowest BCUT2D eigenvalue weighted by molar-refractivity contribution is 0.449. The van der Waals surface area contributed by atoms with Gasteiger partial charge in [-0.2, -0.15) is 0 Å². The van der Waals surface area contributed by atoms with Crippen LogP contribution in [0.4, 0.5) is 0 Å². The maximum Gasteiger partial charge on any atom is 0.214 e. The summed E-state index contributed by atoms with van der Waals surface area (Å²) >= 11 is 2.29. The third-order valence-electron chi connectivity index (χ3n) is 5.88. The molecule has 0 unspecified atom stereocenters. The number of nitrogens with zero attached hydrogens (tertiary/aromatic N) is 4. The molecule has 10 heteroatoms. The van der Waals surface area contributed by atoms with Crippen LogP contribution in [0.25, 0.3) is 16.8 Å². The molecule has 0 radical (unpaired) electrons. The third kappa shape index (κ3) is 2.96. The zero-order valence-electron chi connectivity index (χ0n) is 14.9. The van der Waals surface area contributed by atoms with Crippen LogP contribution in [0.2, 0.25) is 0 Å². The van der Waals surface area contributed by atoms with Gasteiger partial charge in [-0.1, -0.05) is 13.3 Å². The largest absolute Gasteiger partial charge is 0.344 e. The molecule has 3 heterocycles. The summed E-state index contributed by atoms with van der Waals surface area (Å²) in [6, 6.07) is -0.0273. The van der Waals surface area contributed by atoms with E-state index in [1.165, 1.54) is 0 Å². The van der Waals surface area contributed by atoms with Crippen molar-refractivity contribution in [2.75, 3.05) is 0 Å². The van der Waals surface area contributed by atoms with Gasteiger partial charge in [-0.15, -0.1) is 10.2 Å². The van der Waals surface area contributed by atoms with Crippen LogP contribution in [0.15, 0.2) is 12.4 Å². The Balaban J connectivity index is 1.53. The van der Waals surface area contributed by atoms with E-state index in [9.17, 15) is 8.42 Å². The maximum atomic E-state index is 12.4. The summed E-state index contributed by atoms with van der Waals surface area (Å²) in [5.41, 5.74) is 2.53. The fourth-order valence-electron chi connectivity index (χ4n) is 4.37. The Hall–Kier alpha value is -1.27. The molecule has 8 nitrogen and oxygen atoms in total. The van der Waals surface area contributed by atoms with E-state index in [-0.39, 0.29) is 17.2 Å². The second kappa shape index (κ2) is 6.38. The maximum absolute atomic E-state index is 12.4. The van der Waals surface area contributed by atoms with E-state index in [1.54, 1.807) is 6.20 Å². The van der Waals surface area contributed by atoms with Crippen LogP contribution in [0.1, 0.15) is 50.8 Å². The van der Waals surface area contributed by atoms with Crippen LogP contribution < -0.4 is 4.72 Å². The first-order valence-corrected chi connectivity index (χ1v) is 12.0. The highest BCUT2D eigenvalue weighted by Crippen LogP contribution is 2.42. The number of sulfonamides is 1. The summed E-state index contributed by atoms with van der Waals surface area (Å²) in [5, 5.41) is 8.66. The summed E-state index contributed by atoms with van der Waals surface area (Å²) in [7, 11) is -3.18. The zero-order chi connectivity index (χ0) is 18.8. The molecule has 2 N–H and O–H groups in total. The van der Waals surface area contributed by atoms with Crippen LogP contribution >= 0.6 is 22.6 Å². The molecule has 0 spiro atoms. The van der Waals surface area contributed by atoms with Crippen molar-refractivity contribution < 1.29 is 8.42 Å². The van der Waals surface area contributed by atoms with Gasteiger partial charge in [0, 0.05) is 18.2 Å². The topological polar surface area (TPSA) is 105 Å². The molecule has 2 fully saturated rings. The first-order chi connectivity index (χ1) is 13.0. The van der Waals surface area contributed by atoms with Gasteiger partial charge in [-0.05, 0) is 54.2 Å². The van der Waals surface area contributed by atoms with E-state index in [0.717, 1.165) is 58.3 Å². The van der Waals surface area contributed by atoms with Crippen molar-refractivity contribution in [3.63, 3.8) is 0 Å². The van der Waals surface area contributed by atoms with Gasteiger partial charge in [0.15, 0.2) is 11.3 Å². The van der Waals surface area contributed by atoms with Crippen LogP contribution in [0, 0.1) is 9.49 Å². The molecule has 0 amide bonds. The van der Waals surface area contributed by atoms with Gasteiger partial charge in [-0.25, -0.2) is 18.1 Å². The SMILES string of the molecule is CC[C@@H]1C[C@H](NS(=O)(=O)C2CC2)C[C@@H]1c1nnc2cnc3[nH]cc(I)c3n12. The minimum atomic E-state index is -3.18. The molecule has 0 aromatic carbocycles. The Morgan fingerprint density at radius 3 is 2.89 bits per heavy atom. The van der Waals surface area contributed by atoms with Crippen molar-refractivity contribution in [2.45, 2.75) is 56.2 Å². The molecule has 3 atom stereocenters. The van der Waals surface area contributed by atoms with Crippen molar-refractivity contribution in [3.05, 3.63) is 21.8 Å². The van der Waals surface area contributed by atoms with Gasteiger partial charge in [-0.3, -0.25) is 4.40 Å². The molecule has 0 aliphatic heterocycles. The first kappa shape index (κ1) is 17.8. The van der Waals surface area contributed by atoms with Crippen molar-refractivity contribution >= 4 is 49.4 Å². The Bertz CT molecular complexity index is 1120. The summed E-state index contributed by atoms with van der Waals surface area (Å²) < 4.78 is 30.9. The monoisotopic (exact) mass is 500 g/mol. The van der Waals surface area contributed by atoms with Crippen LogP contribution in [0.3, 0.4) is 0 Å². The van der Waals surface area contributed by atoms with Gasteiger partial charge in [0.25, 0.3) is 0 Å². The standard InChI is InChI=1S/C17H21IN6O2S/c1-2-9-5-10(23-27(25,26)11-3-4-11)6-12(9)17-22-21-14-8-20-16-15(24(14)17)13(18)7-19-16/h7-12,19,23H,2-6H2,1H3/t9-,10+,12+/m1/s1. The van der Waals surface area contributed by atoms with Crippen LogP contribution in [-0.4, -0.2) is 44.3 Å². The number of aromatic nitrogens is 5. The Labute approximate surface area is 170 Å². The van der Waals surface area contributed by atoms with Gasteiger partial charge in [0.1, 0.15) is 11.3 Å². The fraction of sp³-hybridized carbons (Fsp3) is 0.588. The predicted molar refractivity (Wildman–Crippen MR) is 110 cm³/mol. The van der Waals surface area contributed by atoms with Crippen molar-refractivity contribution in [1.29, 1.82) is 0 Å². The Morgan fingerprint density at radius 2 is 2.15 bits per heavy atom. The minimum Gasteiger partial charge on any atom is -0.344 e. The number of fused-ring (bicyclic) bond motifs is 3. The second-order valence-electron chi connectivity index (χ2n) is 7.65. The number of aromatic amines is 1. The fourth-order valence-corrected chi connectivity index (χ4v) is 6.63. The zero-order valence-corrected chi connectivity index (χ0v) is 17.9. The molecule has 0 bridgehead atoms. The number of halogens is 1. The van der Waals surface area contributed by atoms with Gasteiger partial charge >= 0.3 is 0 Å². The summed E-state index contributed by atoms with van der Waals surface area (Å²) in [6.07, 6.45) is 7.83.